The van der Waals surface area contributed by atoms with E-state index in [1.165, 1.54) is 26.3 Å². The minimum absolute atomic E-state index is 0.0881. The highest BCUT2D eigenvalue weighted by atomic mass is 32.2. The van der Waals surface area contributed by atoms with E-state index in [0.29, 0.717) is 12.2 Å². The summed E-state index contributed by atoms with van der Waals surface area (Å²) in [5.41, 5.74) is 0.448. The summed E-state index contributed by atoms with van der Waals surface area (Å²) in [6.45, 7) is 5.96. The van der Waals surface area contributed by atoms with E-state index in [-0.39, 0.29) is 21.8 Å². The summed E-state index contributed by atoms with van der Waals surface area (Å²) in [5, 5.41) is 5.58. The number of ether oxygens (including phenoxy) is 1. The van der Waals surface area contributed by atoms with Crippen molar-refractivity contribution in [3.8, 4) is 0 Å². The maximum absolute atomic E-state index is 12.8. The van der Waals surface area contributed by atoms with E-state index in [1.807, 2.05) is 20.8 Å². The molecule has 146 valence electrons. The fourth-order valence-electron chi connectivity index (χ4n) is 2.03. The zero-order valence-corrected chi connectivity index (χ0v) is 16.9. The van der Waals surface area contributed by atoms with E-state index >= 15 is 0 Å². The van der Waals surface area contributed by atoms with Gasteiger partial charge in [-0.15, -0.1) is 0 Å². The normalized spacial score (nSPS) is 12.0. The molecule has 0 saturated carbocycles. The summed E-state index contributed by atoms with van der Waals surface area (Å²) in [7, 11) is 0.0395. The molecule has 1 rings (SSSR count). The molecular formula is C17H27N3O5S. The molecule has 1 aromatic carbocycles. The minimum atomic E-state index is -4.00. The number of methoxy groups -OCH3 is 1. The third-order valence-electron chi connectivity index (χ3n) is 3.56. The predicted molar refractivity (Wildman–Crippen MR) is 99.6 cm³/mol. The van der Waals surface area contributed by atoms with Crippen molar-refractivity contribution < 1.29 is 22.7 Å². The van der Waals surface area contributed by atoms with E-state index in [1.54, 1.807) is 13.1 Å². The zero-order chi connectivity index (χ0) is 20.1. The summed E-state index contributed by atoms with van der Waals surface area (Å²) >= 11 is 0. The van der Waals surface area contributed by atoms with Crippen LogP contribution in [0.25, 0.3) is 0 Å². The van der Waals surface area contributed by atoms with Crippen LogP contribution in [0.15, 0.2) is 23.1 Å². The third-order valence-corrected chi connectivity index (χ3v) is 5.40. The van der Waals surface area contributed by atoms with Crippen molar-refractivity contribution in [2.45, 2.75) is 25.7 Å². The van der Waals surface area contributed by atoms with E-state index in [4.69, 9.17) is 0 Å². The SMILES string of the molecule is CNc1ccc(C(=O)NCC(C)(C)C)cc1S(=O)(=O)N(C)CC(=O)OC. The lowest BCUT2D eigenvalue weighted by molar-refractivity contribution is -0.140. The number of anilines is 1. The van der Waals surface area contributed by atoms with Gasteiger partial charge in [-0.05, 0) is 23.6 Å². The number of sulfonamides is 1. The van der Waals surface area contributed by atoms with Crippen LogP contribution in [0.3, 0.4) is 0 Å². The number of likely N-dealkylation sites (N-methyl/N-ethyl adjacent to an activating group) is 1. The largest absolute Gasteiger partial charge is 0.468 e. The molecule has 0 fully saturated rings. The average Bonchev–Trinajstić information content (AvgIpc) is 2.58. The molecule has 0 aromatic heterocycles. The first-order valence-corrected chi connectivity index (χ1v) is 9.49. The zero-order valence-electron chi connectivity index (χ0n) is 16.0. The van der Waals surface area contributed by atoms with Crippen LogP contribution in [0.5, 0.6) is 0 Å². The molecule has 0 unspecified atom stereocenters. The van der Waals surface area contributed by atoms with Crippen molar-refractivity contribution in [2.24, 2.45) is 5.41 Å². The Hall–Kier alpha value is -2.13. The summed E-state index contributed by atoms with van der Waals surface area (Å²) in [4.78, 5) is 23.7. The number of carbonyl (C=O) groups is 2. The number of esters is 1. The Morgan fingerprint density at radius 1 is 1.23 bits per heavy atom. The molecule has 0 radical (unpaired) electrons. The lowest BCUT2D eigenvalue weighted by Crippen LogP contribution is -2.34. The molecule has 0 aliphatic heterocycles. The van der Waals surface area contributed by atoms with Gasteiger partial charge in [0.15, 0.2) is 0 Å². The van der Waals surface area contributed by atoms with Gasteiger partial charge < -0.3 is 15.4 Å². The van der Waals surface area contributed by atoms with Gasteiger partial charge in [-0.3, -0.25) is 9.59 Å². The highest BCUT2D eigenvalue weighted by molar-refractivity contribution is 7.89. The van der Waals surface area contributed by atoms with Crippen LogP contribution in [0.1, 0.15) is 31.1 Å². The first kappa shape index (κ1) is 21.9. The maximum atomic E-state index is 12.8. The molecule has 0 aliphatic rings. The maximum Gasteiger partial charge on any atom is 0.321 e. The van der Waals surface area contributed by atoms with Crippen molar-refractivity contribution in [3.63, 3.8) is 0 Å². The van der Waals surface area contributed by atoms with Crippen LogP contribution >= 0.6 is 0 Å². The second-order valence-electron chi connectivity index (χ2n) is 7.04. The fraction of sp³-hybridized carbons (Fsp3) is 0.529. The molecule has 0 aliphatic carbocycles. The van der Waals surface area contributed by atoms with Gasteiger partial charge in [0.25, 0.3) is 5.91 Å². The summed E-state index contributed by atoms with van der Waals surface area (Å²) in [5.74, 6) is -1.05. The van der Waals surface area contributed by atoms with Crippen molar-refractivity contribution >= 4 is 27.6 Å². The molecule has 1 aromatic rings. The molecule has 1 amide bonds. The van der Waals surface area contributed by atoms with Gasteiger partial charge >= 0.3 is 5.97 Å². The smallest absolute Gasteiger partial charge is 0.321 e. The molecule has 0 spiro atoms. The van der Waals surface area contributed by atoms with E-state index < -0.39 is 22.5 Å². The van der Waals surface area contributed by atoms with E-state index in [2.05, 4.69) is 15.4 Å². The van der Waals surface area contributed by atoms with Gasteiger partial charge in [-0.2, -0.15) is 4.31 Å². The van der Waals surface area contributed by atoms with Gasteiger partial charge in [0.2, 0.25) is 10.0 Å². The van der Waals surface area contributed by atoms with Crippen LogP contribution in [0.4, 0.5) is 5.69 Å². The van der Waals surface area contributed by atoms with Crippen LogP contribution in [-0.4, -0.2) is 58.9 Å². The number of carbonyl (C=O) groups excluding carboxylic acids is 2. The van der Waals surface area contributed by atoms with Crippen molar-refractivity contribution in [3.05, 3.63) is 23.8 Å². The minimum Gasteiger partial charge on any atom is -0.468 e. The van der Waals surface area contributed by atoms with Gasteiger partial charge in [-0.25, -0.2) is 8.42 Å². The monoisotopic (exact) mass is 385 g/mol. The highest BCUT2D eigenvalue weighted by Gasteiger charge is 2.27. The van der Waals surface area contributed by atoms with Crippen molar-refractivity contribution in [1.29, 1.82) is 0 Å². The number of hydrogen-bond acceptors (Lipinski definition) is 6. The standard InChI is InChI=1S/C17H27N3O5S/c1-17(2,3)11-19-16(22)12-7-8-13(18-4)14(9-12)26(23,24)20(5)10-15(21)25-6/h7-9,18H,10-11H2,1-6H3,(H,19,22). The molecule has 2 N–H and O–H groups in total. The first-order valence-electron chi connectivity index (χ1n) is 8.05. The Labute approximate surface area is 155 Å². The number of amides is 1. The molecule has 9 heteroatoms. The second-order valence-corrected chi connectivity index (χ2v) is 9.05. The quantitative estimate of drug-likeness (QED) is 0.686. The van der Waals surface area contributed by atoms with Crippen LogP contribution in [0.2, 0.25) is 0 Å². The average molecular weight is 385 g/mol. The predicted octanol–water partition coefficient (Wildman–Crippen LogP) is 1.30. The van der Waals surface area contributed by atoms with Gasteiger partial charge in [0.1, 0.15) is 11.4 Å². The number of nitrogens with one attached hydrogen (secondary N) is 2. The summed E-state index contributed by atoms with van der Waals surface area (Å²) < 4.78 is 31.0. The number of hydrogen-bond donors (Lipinski definition) is 2. The Morgan fingerprint density at radius 3 is 2.35 bits per heavy atom. The van der Waals surface area contributed by atoms with Gasteiger partial charge in [0.05, 0.1) is 12.8 Å². The number of rotatable bonds is 7. The Bertz CT molecular complexity index is 769. The summed E-state index contributed by atoms with van der Waals surface area (Å²) in [6, 6.07) is 4.36. The molecule has 0 atom stereocenters. The molecule has 0 bridgehead atoms. The molecule has 0 heterocycles. The van der Waals surface area contributed by atoms with Crippen molar-refractivity contribution in [2.75, 3.05) is 39.6 Å². The van der Waals surface area contributed by atoms with E-state index in [9.17, 15) is 18.0 Å². The number of benzene rings is 1. The Kier molecular flexibility index (Phi) is 7.16. The van der Waals surface area contributed by atoms with Crippen LogP contribution in [0, 0.1) is 5.41 Å². The Morgan fingerprint density at radius 2 is 1.85 bits per heavy atom. The fourth-order valence-corrected chi connectivity index (χ4v) is 3.37. The lowest BCUT2D eigenvalue weighted by atomic mass is 9.97. The first-order chi connectivity index (χ1) is 11.9. The molecule has 0 saturated heterocycles. The third kappa shape index (κ3) is 5.70. The van der Waals surface area contributed by atoms with Crippen molar-refractivity contribution in [1.82, 2.24) is 9.62 Å². The van der Waals surface area contributed by atoms with Crippen LogP contribution < -0.4 is 10.6 Å². The number of nitrogens with zero attached hydrogens (tertiary/aromatic N) is 1. The second kappa shape index (κ2) is 8.50. The van der Waals surface area contributed by atoms with Gasteiger partial charge in [0, 0.05) is 26.2 Å². The molecular weight excluding hydrogens is 358 g/mol. The lowest BCUT2D eigenvalue weighted by Gasteiger charge is -2.20. The molecule has 26 heavy (non-hydrogen) atoms. The highest BCUT2D eigenvalue weighted by Crippen LogP contribution is 2.25. The topological polar surface area (TPSA) is 105 Å². The van der Waals surface area contributed by atoms with Gasteiger partial charge in [-0.1, -0.05) is 20.8 Å². The van der Waals surface area contributed by atoms with E-state index in [0.717, 1.165) is 4.31 Å². The Balaban J connectivity index is 3.21. The summed E-state index contributed by atoms with van der Waals surface area (Å²) in [6.07, 6.45) is 0. The van der Waals surface area contributed by atoms with Crippen LogP contribution in [-0.2, 0) is 19.6 Å². The molecule has 8 nitrogen and oxygen atoms in total.